The number of nitrogen functional groups attached to an aromatic ring is 1. The molecule has 0 saturated carbocycles. The van der Waals surface area contributed by atoms with Gasteiger partial charge in [0.1, 0.15) is 4.90 Å². The summed E-state index contributed by atoms with van der Waals surface area (Å²) in [6.45, 7) is 1.94. The fraction of sp³-hybridized carbons (Fsp3) is 0.231. The molecule has 0 spiro atoms. The number of hydrogen-bond donors (Lipinski definition) is 1. The molecular formula is C13H14F2N2O2S2. The van der Waals surface area contributed by atoms with Crippen molar-refractivity contribution in [2.45, 2.75) is 18.4 Å². The van der Waals surface area contributed by atoms with Crippen LogP contribution >= 0.6 is 11.3 Å². The van der Waals surface area contributed by atoms with Crippen molar-refractivity contribution in [3.63, 3.8) is 0 Å². The van der Waals surface area contributed by atoms with Gasteiger partial charge in [0.15, 0.2) is 11.6 Å². The molecule has 0 saturated heterocycles. The van der Waals surface area contributed by atoms with Gasteiger partial charge in [-0.05, 0) is 36.1 Å². The lowest BCUT2D eigenvalue weighted by molar-refractivity contribution is 0.449. The van der Waals surface area contributed by atoms with Gasteiger partial charge in [0.25, 0.3) is 0 Å². The number of nitrogens with zero attached hydrogens (tertiary/aromatic N) is 1. The van der Waals surface area contributed by atoms with Gasteiger partial charge < -0.3 is 5.73 Å². The van der Waals surface area contributed by atoms with Crippen molar-refractivity contribution in [1.29, 1.82) is 0 Å². The largest absolute Gasteiger partial charge is 0.399 e. The van der Waals surface area contributed by atoms with Gasteiger partial charge in [-0.2, -0.15) is 4.31 Å². The van der Waals surface area contributed by atoms with E-state index in [0.717, 1.165) is 26.9 Å². The lowest BCUT2D eigenvalue weighted by atomic mass is 10.3. The highest BCUT2D eigenvalue weighted by Crippen LogP contribution is 2.26. The minimum Gasteiger partial charge on any atom is -0.399 e. The Hall–Kier alpha value is -1.51. The molecule has 2 aromatic rings. The summed E-state index contributed by atoms with van der Waals surface area (Å²) in [4.78, 5) is 0.0857. The summed E-state index contributed by atoms with van der Waals surface area (Å²) in [6, 6.07) is 3.53. The van der Waals surface area contributed by atoms with Crippen LogP contribution in [0.2, 0.25) is 0 Å². The molecular weight excluding hydrogens is 318 g/mol. The maximum atomic E-state index is 13.8. The molecule has 0 unspecified atom stereocenters. The third kappa shape index (κ3) is 3.07. The Kier molecular flexibility index (Phi) is 4.31. The zero-order chi connectivity index (χ0) is 15.8. The first-order valence-electron chi connectivity index (χ1n) is 5.97. The van der Waals surface area contributed by atoms with E-state index < -0.39 is 26.6 Å². The van der Waals surface area contributed by atoms with Gasteiger partial charge in [-0.1, -0.05) is 0 Å². The summed E-state index contributed by atoms with van der Waals surface area (Å²) in [5.41, 5.74) is 6.20. The standard InChI is InChI=1S/C13H14F2N2O2S2/c1-8-3-4-20-11(8)7-17(2)21(18,19)12-6-9(16)5-10(14)13(12)15/h3-6H,7,16H2,1-2H3. The highest BCUT2D eigenvalue weighted by Gasteiger charge is 2.27. The van der Waals surface area contributed by atoms with Crippen LogP contribution in [-0.2, 0) is 16.6 Å². The van der Waals surface area contributed by atoms with Crippen LogP contribution in [0.4, 0.5) is 14.5 Å². The van der Waals surface area contributed by atoms with Gasteiger partial charge in [-0.3, -0.25) is 0 Å². The van der Waals surface area contributed by atoms with Crippen molar-refractivity contribution < 1.29 is 17.2 Å². The summed E-state index contributed by atoms with van der Waals surface area (Å²) < 4.78 is 52.8. The Morgan fingerprint density at radius 3 is 2.57 bits per heavy atom. The molecule has 1 aromatic heterocycles. The van der Waals surface area contributed by atoms with E-state index in [1.54, 1.807) is 0 Å². The predicted molar refractivity (Wildman–Crippen MR) is 78.5 cm³/mol. The minimum absolute atomic E-state index is 0.0850. The number of hydrogen-bond acceptors (Lipinski definition) is 4. The van der Waals surface area contributed by atoms with E-state index in [9.17, 15) is 17.2 Å². The average Bonchev–Trinajstić information content (AvgIpc) is 2.79. The molecule has 0 bridgehead atoms. The number of halogens is 2. The van der Waals surface area contributed by atoms with Gasteiger partial charge in [0.2, 0.25) is 10.0 Å². The molecule has 0 aliphatic carbocycles. The number of benzene rings is 1. The molecule has 0 radical (unpaired) electrons. The molecule has 0 aliphatic rings. The second kappa shape index (κ2) is 5.70. The number of thiophene rings is 1. The van der Waals surface area contributed by atoms with Crippen LogP contribution in [0.15, 0.2) is 28.5 Å². The molecule has 1 heterocycles. The highest BCUT2D eigenvalue weighted by molar-refractivity contribution is 7.89. The Bertz CT molecular complexity index is 772. The molecule has 4 nitrogen and oxygen atoms in total. The van der Waals surface area contributed by atoms with Crippen molar-refractivity contribution in [3.8, 4) is 0 Å². The van der Waals surface area contributed by atoms with Crippen molar-refractivity contribution in [3.05, 3.63) is 45.7 Å². The van der Waals surface area contributed by atoms with Gasteiger partial charge in [-0.15, -0.1) is 11.3 Å². The molecule has 1 aromatic carbocycles. The SMILES string of the molecule is Cc1ccsc1CN(C)S(=O)(=O)c1cc(N)cc(F)c1F. The molecule has 21 heavy (non-hydrogen) atoms. The number of nitrogens with two attached hydrogens (primary N) is 1. The summed E-state index contributed by atoms with van der Waals surface area (Å²) in [6.07, 6.45) is 0. The lowest BCUT2D eigenvalue weighted by Crippen LogP contribution is -2.27. The third-order valence-electron chi connectivity index (χ3n) is 3.04. The Morgan fingerprint density at radius 1 is 1.33 bits per heavy atom. The normalized spacial score (nSPS) is 12.0. The smallest absolute Gasteiger partial charge is 0.246 e. The monoisotopic (exact) mass is 332 g/mol. The maximum Gasteiger partial charge on any atom is 0.246 e. The topological polar surface area (TPSA) is 63.4 Å². The van der Waals surface area contributed by atoms with Crippen LogP contribution in [-0.4, -0.2) is 19.8 Å². The lowest BCUT2D eigenvalue weighted by Gasteiger charge is -2.18. The molecule has 8 heteroatoms. The highest BCUT2D eigenvalue weighted by atomic mass is 32.2. The third-order valence-corrected chi connectivity index (χ3v) is 5.85. The van der Waals surface area contributed by atoms with E-state index in [4.69, 9.17) is 5.73 Å². The van der Waals surface area contributed by atoms with E-state index in [-0.39, 0.29) is 12.2 Å². The molecule has 0 atom stereocenters. The van der Waals surface area contributed by atoms with Crippen molar-refractivity contribution in [1.82, 2.24) is 4.31 Å². The molecule has 114 valence electrons. The van der Waals surface area contributed by atoms with Crippen LogP contribution in [0.3, 0.4) is 0 Å². The Balaban J connectivity index is 2.40. The zero-order valence-corrected chi connectivity index (χ0v) is 13.1. The summed E-state index contributed by atoms with van der Waals surface area (Å²) in [7, 11) is -2.85. The fourth-order valence-corrected chi connectivity index (χ4v) is 4.08. The molecule has 2 N–H and O–H groups in total. The summed E-state index contributed by atoms with van der Waals surface area (Å²) in [5, 5.41) is 1.84. The molecule has 0 fully saturated rings. The summed E-state index contributed by atoms with van der Waals surface area (Å²) >= 11 is 1.40. The predicted octanol–water partition coefficient (Wildman–Crippen LogP) is 2.74. The first-order chi connectivity index (χ1) is 9.73. The van der Waals surface area contributed by atoms with Crippen LogP contribution in [0.1, 0.15) is 10.4 Å². The van der Waals surface area contributed by atoms with E-state index in [1.165, 1.54) is 18.4 Å². The van der Waals surface area contributed by atoms with Crippen molar-refractivity contribution in [2.75, 3.05) is 12.8 Å². The first kappa shape index (κ1) is 15.9. The number of sulfonamides is 1. The Morgan fingerprint density at radius 2 is 2.00 bits per heavy atom. The van der Waals surface area contributed by atoms with E-state index >= 15 is 0 Å². The fourth-order valence-electron chi connectivity index (χ4n) is 1.79. The first-order valence-corrected chi connectivity index (χ1v) is 8.29. The molecule has 0 amide bonds. The Labute approximate surface area is 125 Å². The number of rotatable bonds is 4. The van der Waals surface area contributed by atoms with Crippen LogP contribution < -0.4 is 5.73 Å². The van der Waals surface area contributed by atoms with Gasteiger partial charge in [-0.25, -0.2) is 17.2 Å². The number of aryl methyl sites for hydroxylation is 1. The second-order valence-corrected chi connectivity index (χ2v) is 7.62. The van der Waals surface area contributed by atoms with E-state index in [1.807, 2.05) is 18.4 Å². The average molecular weight is 332 g/mol. The van der Waals surface area contributed by atoms with Crippen LogP contribution in [0.25, 0.3) is 0 Å². The van der Waals surface area contributed by atoms with Gasteiger partial charge in [0, 0.05) is 24.2 Å². The quantitative estimate of drug-likeness (QED) is 0.876. The number of anilines is 1. The van der Waals surface area contributed by atoms with Crippen LogP contribution in [0.5, 0.6) is 0 Å². The maximum absolute atomic E-state index is 13.8. The summed E-state index contributed by atoms with van der Waals surface area (Å²) in [5.74, 6) is -2.70. The minimum atomic E-state index is -4.16. The van der Waals surface area contributed by atoms with Crippen molar-refractivity contribution >= 4 is 27.0 Å². The van der Waals surface area contributed by atoms with Crippen molar-refractivity contribution in [2.24, 2.45) is 0 Å². The van der Waals surface area contributed by atoms with E-state index in [0.29, 0.717) is 0 Å². The van der Waals surface area contributed by atoms with Gasteiger partial charge >= 0.3 is 0 Å². The van der Waals surface area contributed by atoms with Gasteiger partial charge in [0.05, 0.1) is 0 Å². The molecule has 2 rings (SSSR count). The molecule has 0 aliphatic heterocycles. The van der Waals surface area contributed by atoms with Crippen LogP contribution in [0, 0.1) is 18.6 Å². The second-order valence-electron chi connectivity index (χ2n) is 4.60. The zero-order valence-electron chi connectivity index (χ0n) is 11.4. The van der Waals surface area contributed by atoms with E-state index in [2.05, 4.69) is 0 Å².